The molecule has 142 valence electrons. The van der Waals surface area contributed by atoms with Gasteiger partial charge in [-0.15, -0.1) is 11.3 Å². The SMILES string of the molecule is CCOC(=O)C1=C2CN(OSN(C)NC)CCN2C(c2nccs2)=NC1. The van der Waals surface area contributed by atoms with Crippen LogP contribution in [0.15, 0.2) is 27.8 Å². The van der Waals surface area contributed by atoms with Crippen molar-refractivity contribution in [3.8, 4) is 0 Å². The van der Waals surface area contributed by atoms with Crippen LogP contribution in [0.1, 0.15) is 11.9 Å². The van der Waals surface area contributed by atoms with Crippen molar-refractivity contribution in [3.05, 3.63) is 27.9 Å². The number of thiazole rings is 1. The summed E-state index contributed by atoms with van der Waals surface area (Å²) in [5.41, 5.74) is 4.39. The second-order valence-electron chi connectivity index (χ2n) is 5.51. The van der Waals surface area contributed by atoms with E-state index in [0.29, 0.717) is 31.8 Å². The highest BCUT2D eigenvalue weighted by molar-refractivity contribution is 7.92. The van der Waals surface area contributed by atoms with Gasteiger partial charge in [-0.05, 0) is 14.0 Å². The second kappa shape index (κ2) is 8.93. The highest BCUT2D eigenvalue weighted by Gasteiger charge is 2.34. The number of piperazine rings is 1. The number of amidine groups is 1. The largest absolute Gasteiger partial charge is 0.463 e. The average Bonchev–Trinajstić information content (AvgIpc) is 3.19. The van der Waals surface area contributed by atoms with Crippen LogP contribution in [0.3, 0.4) is 0 Å². The number of aromatic nitrogens is 1. The van der Waals surface area contributed by atoms with E-state index in [4.69, 9.17) is 9.02 Å². The molecule has 26 heavy (non-hydrogen) atoms. The van der Waals surface area contributed by atoms with E-state index >= 15 is 0 Å². The molecule has 1 fully saturated rings. The van der Waals surface area contributed by atoms with Gasteiger partial charge >= 0.3 is 5.97 Å². The maximum atomic E-state index is 12.4. The molecule has 3 heterocycles. The van der Waals surface area contributed by atoms with Gasteiger partial charge in [0.15, 0.2) is 10.8 Å². The molecular formula is C15H22N6O3S2. The van der Waals surface area contributed by atoms with Gasteiger partial charge in [0.25, 0.3) is 0 Å². The zero-order valence-corrected chi connectivity index (χ0v) is 16.6. The van der Waals surface area contributed by atoms with E-state index in [9.17, 15) is 4.79 Å². The van der Waals surface area contributed by atoms with Crippen LogP contribution < -0.4 is 5.43 Å². The van der Waals surface area contributed by atoms with Crippen molar-refractivity contribution in [2.24, 2.45) is 4.99 Å². The zero-order chi connectivity index (χ0) is 18.5. The number of nitrogens with zero attached hydrogens (tertiary/aromatic N) is 5. The summed E-state index contributed by atoms with van der Waals surface area (Å²) in [6, 6.07) is 0. The first-order valence-corrected chi connectivity index (χ1v) is 9.83. The van der Waals surface area contributed by atoms with Gasteiger partial charge in [0.2, 0.25) is 0 Å². The predicted molar refractivity (Wildman–Crippen MR) is 101 cm³/mol. The van der Waals surface area contributed by atoms with Gasteiger partial charge in [-0.3, -0.25) is 4.99 Å². The van der Waals surface area contributed by atoms with Crippen LogP contribution >= 0.6 is 23.6 Å². The molecule has 0 unspecified atom stereocenters. The monoisotopic (exact) mass is 398 g/mol. The number of ether oxygens (including phenoxy) is 1. The molecular weight excluding hydrogens is 376 g/mol. The summed E-state index contributed by atoms with van der Waals surface area (Å²) in [5.74, 6) is 0.485. The molecule has 0 bridgehead atoms. The molecule has 0 spiro atoms. The van der Waals surface area contributed by atoms with Crippen molar-refractivity contribution in [2.75, 3.05) is 46.9 Å². The van der Waals surface area contributed by atoms with E-state index in [0.717, 1.165) is 16.5 Å². The second-order valence-corrected chi connectivity index (χ2v) is 7.25. The van der Waals surface area contributed by atoms with Gasteiger partial charge in [0, 0.05) is 37.4 Å². The zero-order valence-electron chi connectivity index (χ0n) is 15.0. The molecule has 1 N–H and O–H groups in total. The number of hydrazine groups is 1. The molecule has 3 rings (SSSR count). The van der Waals surface area contributed by atoms with Gasteiger partial charge in [0.1, 0.15) is 12.2 Å². The number of carbonyl (C=O) groups is 1. The van der Waals surface area contributed by atoms with Crippen LogP contribution in [-0.4, -0.2) is 78.0 Å². The van der Waals surface area contributed by atoms with Crippen LogP contribution in [0.2, 0.25) is 0 Å². The molecule has 2 aliphatic rings. The molecule has 1 saturated heterocycles. The minimum atomic E-state index is -0.323. The summed E-state index contributed by atoms with van der Waals surface area (Å²) >= 11 is 2.73. The number of aliphatic imine (C=N–C) groups is 1. The fourth-order valence-electron chi connectivity index (χ4n) is 2.62. The molecule has 11 heteroatoms. The van der Waals surface area contributed by atoms with Crippen molar-refractivity contribution < 1.29 is 13.8 Å². The van der Waals surface area contributed by atoms with E-state index in [1.807, 2.05) is 24.5 Å². The number of rotatable bonds is 7. The Morgan fingerprint density at radius 3 is 3.04 bits per heavy atom. The number of carbonyl (C=O) groups excluding carboxylic acids is 1. The Bertz CT molecular complexity index is 694. The number of esters is 1. The fraction of sp³-hybridized carbons (Fsp3) is 0.533. The Morgan fingerprint density at radius 2 is 2.35 bits per heavy atom. The number of hydroxylamine groups is 2. The molecule has 0 atom stereocenters. The summed E-state index contributed by atoms with van der Waals surface area (Å²) in [6.07, 6.45) is 1.76. The quantitative estimate of drug-likeness (QED) is 0.312. The van der Waals surface area contributed by atoms with Gasteiger partial charge in [-0.2, -0.15) is 9.48 Å². The molecule has 2 aliphatic heterocycles. The molecule has 0 amide bonds. The minimum Gasteiger partial charge on any atom is -0.463 e. The van der Waals surface area contributed by atoms with E-state index < -0.39 is 0 Å². The summed E-state index contributed by atoms with van der Waals surface area (Å²) in [5, 5.41) is 4.60. The van der Waals surface area contributed by atoms with Crippen molar-refractivity contribution in [1.82, 2.24) is 24.8 Å². The Labute approximate surface area is 160 Å². The summed E-state index contributed by atoms with van der Waals surface area (Å²) < 4.78 is 12.7. The van der Waals surface area contributed by atoms with Crippen LogP contribution in [0.5, 0.6) is 0 Å². The standard InChI is InChI=1S/C15H22N6O3S2/c1-4-23-15(22)11-9-18-13(14-17-5-8-25-14)21-7-6-20(10-12(11)21)24-26-19(3)16-2/h5,8,16H,4,6-7,9-10H2,1-3H3. The van der Waals surface area contributed by atoms with Crippen LogP contribution in [0, 0.1) is 0 Å². The lowest BCUT2D eigenvalue weighted by molar-refractivity contribution is -0.138. The summed E-state index contributed by atoms with van der Waals surface area (Å²) in [4.78, 5) is 23.4. The lowest BCUT2D eigenvalue weighted by atomic mass is 10.1. The third-order valence-electron chi connectivity index (χ3n) is 3.93. The minimum absolute atomic E-state index is 0.289. The maximum absolute atomic E-state index is 12.4. The van der Waals surface area contributed by atoms with Gasteiger partial charge in [0.05, 0.1) is 25.3 Å². The Kier molecular flexibility index (Phi) is 6.62. The Morgan fingerprint density at radius 1 is 1.50 bits per heavy atom. The van der Waals surface area contributed by atoms with Gasteiger partial charge < -0.3 is 9.64 Å². The number of fused-ring (bicyclic) bond motifs is 1. The Hall–Kier alpha value is -1.50. The van der Waals surface area contributed by atoms with Gasteiger partial charge in [-0.25, -0.2) is 19.5 Å². The number of hydrogen-bond acceptors (Lipinski definition) is 11. The molecule has 1 aromatic rings. The smallest absolute Gasteiger partial charge is 0.337 e. The van der Waals surface area contributed by atoms with E-state index in [2.05, 4.69) is 20.3 Å². The molecule has 0 aromatic carbocycles. The topological polar surface area (TPSA) is 82.5 Å². The average molecular weight is 399 g/mol. The van der Waals surface area contributed by atoms with Crippen molar-refractivity contribution >= 4 is 35.4 Å². The molecule has 9 nitrogen and oxygen atoms in total. The van der Waals surface area contributed by atoms with Crippen molar-refractivity contribution in [2.45, 2.75) is 6.92 Å². The lowest BCUT2D eigenvalue weighted by Gasteiger charge is -2.39. The van der Waals surface area contributed by atoms with E-state index in [1.54, 1.807) is 17.5 Å². The van der Waals surface area contributed by atoms with Crippen LogP contribution in [0.25, 0.3) is 0 Å². The van der Waals surface area contributed by atoms with Gasteiger partial charge in [-0.1, -0.05) is 0 Å². The normalized spacial score (nSPS) is 18.2. The highest BCUT2D eigenvalue weighted by atomic mass is 32.2. The van der Waals surface area contributed by atoms with E-state index in [-0.39, 0.29) is 12.5 Å². The lowest BCUT2D eigenvalue weighted by Crippen LogP contribution is -2.49. The number of hydrogen-bond donors (Lipinski definition) is 1. The van der Waals surface area contributed by atoms with Crippen LogP contribution in [-0.2, 0) is 13.8 Å². The molecule has 0 aliphatic carbocycles. The number of nitrogens with one attached hydrogen (secondary N) is 1. The molecule has 0 radical (unpaired) electrons. The molecule has 1 aromatic heterocycles. The summed E-state index contributed by atoms with van der Waals surface area (Å²) in [7, 11) is 3.67. The van der Waals surface area contributed by atoms with E-state index in [1.165, 1.54) is 23.6 Å². The van der Waals surface area contributed by atoms with Crippen molar-refractivity contribution in [3.63, 3.8) is 0 Å². The van der Waals surface area contributed by atoms with Crippen LogP contribution in [0.4, 0.5) is 0 Å². The predicted octanol–water partition coefficient (Wildman–Crippen LogP) is 0.899. The van der Waals surface area contributed by atoms with Crippen molar-refractivity contribution in [1.29, 1.82) is 0 Å². The third kappa shape index (κ3) is 4.24. The fourth-order valence-corrected chi connectivity index (χ4v) is 3.66. The maximum Gasteiger partial charge on any atom is 0.337 e. The first-order chi connectivity index (χ1) is 12.6. The highest BCUT2D eigenvalue weighted by Crippen LogP contribution is 2.27. The third-order valence-corrected chi connectivity index (χ3v) is 5.38. The Balaban J connectivity index is 1.81. The first-order valence-electron chi connectivity index (χ1n) is 8.25. The molecule has 0 saturated carbocycles. The first kappa shape index (κ1) is 19.3. The summed E-state index contributed by atoms with van der Waals surface area (Å²) in [6.45, 7) is 4.23.